The summed E-state index contributed by atoms with van der Waals surface area (Å²) in [5, 5.41) is 18.7. The first-order valence-electron chi connectivity index (χ1n) is 6.25. The smallest absolute Gasteiger partial charge is 0.316 e. The largest absolute Gasteiger partial charge is 0.481 e. The van der Waals surface area contributed by atoms with Crippen LogP contribution in [0.5, 0.6) is 0 Å². The third-order valence-electron chi connectivity index (χ3n) is 3.96. The molecule has 0 saturated heterocycles. The maximum atomic E-state index is 14.6. The highest BCUT2D eigenvalue weighted by molar-refractivity contribution is 5.76. The topological polar surface area (TPSA) is 57.5 Å². The Bertz CT molecular complexity index is 451. The zero-order valence-electron chi connectivity index (χ0n) is 10.4. The molecule has 2 N–H and O–H groups in total. The normalized spacial score (nSPS) is 28.1. The summed E-state index contributed by atoms with van der Waals surface area (Å²) in [5.74, 6) is -4.94. The van der Waals surface area contributed by atoms with Crippen LogP contribution in [0, 0.1) is 5.41 Å². The van der Waals surface area contributed by atoms with Gasteiger partial charge in [-0.15, -0.1) is 0 Å². The summed E-state index contributed by atoms with van der Waals surface area (Å²) < 4.78 is 29.2. The molecule has 104 valence electrons. The molecule has 0 heterocycles. The van der Waals surface area contributed by atoms with Crippen molar-refractivity contribution >= 4 is 5.97 Å². The fraction of sp³-hybridized carbons (Fsp3) is 0.500. The van der Waals surface area contributed by atoms with E-state index in [-0.39, 0.29) is 31.2 Å². The van der Waals surface area contributed by atoms with Crippen molar-refractivity contribution in [1.29, 1.82) is 0 Å². The predicted molar refractivity (Wildman–Crippen MR) is 64.9 cm³/mol. The molecule has 1 aromatic rings. The third kappa shape index (κ3) is 2.23. The second-order valence-corrected chi connectivity index (χ2v) is 5.06. The molecule has 1 aliphatic carbocycles. The van der Waals surface area contributed by atoms with Crippen LogP contribution in [-0.4, -0.2) is 22.3 Å². The summed E-state index contributed by atoms with van der Waals surface area (Å²) >= 11 is 0. The summed E-state index contributed by atoms with van der Waals surface area (Å²) in [6.45, 7) is 0. The average molecular weight is 270 g/mol. The number of rotatable bonds is 3. The van der Waals surface area contributed by atoms with Gasteiger partial charge < -0.3 is 10.2 Å². The molecule has 0 unspecified atom stereocenters. The molecule has 0 aromatic heterocycles. The van der Waals surface area contributed by atoms with Gasteiger partial charge in [-0.1, -0.05) is 30.3 Å². The van der Waals surface area contributed by atoms with E-state index >= 15 is 0 Å². The van der Waals surface area contributed by atoms with Crippen molar-refractivity contribution in [3.05, 3.63) is 35.9 Å². The Kier molecular flexibility index (Phi) is 3.58. The number of hydrogen-bond donors (Lipinski definition) is 2. The van der Waals surface area contributed by atoms with Crippen LogP contribution in [-0.2, 0) is 10.7 Å². The number of hydrogen-bond acceptors (Lipinski definition) is 2. The van der Waals surface area contributed by atoms with Gasteiger partial charge in [0.1, 0.15) is 5.41 Å². The van der Waals surface area contributed by atoms with E-state index in [1.807, 2.05) is 0 Å². The molecule has 1 saturated carbocycles. The molecule has 19 heavy (non-hydrogen) atoms. The molecule has 0 spiro atoms. The molecular formula is C14H16F2O3. The Morgan fingerprint density at radius 2 is 1.74 bits per heavy atom. The van der Waals surface area contributed by atoms with Crippen LogP contribution >= 0.6 is 0 Å². The number of halogens is 2. The molecule has 3 nitrogen and oxygen atoms in total. The number of carboxylic acid groups (broad SMARTS) is 1. The summed E-state index contributed by atoms with van der Waals surface area (Å²) in [6, 6.07) is 7.04. The molecule has 1 aromatic carbocycles. The molecule has 0 atom stereocenters. The summed E-state index contributed by atoms with van der Waals surface area (Å²) in [4.78, 5) is 11.4. The van der Waals surface area contributed by atoms with Crippen LogP contribution in [0.4, 0.5) is 8.78 Å². The molecule has 1 fully saturated rings. The van der Waals surface area contributed by atoms with Crippen molar-refractivity contribution in [1.82, 2.24) is 0 Å². The Morgan fingerprint density at radius 1 is 1.21 bits per heavy atom. The van der Waals surface area contributed by atoms with E-state index < -0.39 is 23.4 Å². The number of benzene rings is 1. The number of aliphatic hydroxyl groups excluding tert-OH is 1. The zero-order valence-corrected chi connectivity index (χ0v) is 10.4. The molecule has 0 amide bonds. The van der Waals surface area contributed by atoms with Gasteiger partial charge in [0.25, 0.3) is 5.92 Å². The standard InChI is InChI=1S/C14H16F2O3/c15-14(16,10-4-2-1-3-5-10)13(12(18)19)8-6-11(17)7-9-13/h1-5,11,17H,6-9H2,(H,18,19). The van der Waals surface area contributed by atoms with Crippen LogP contribution in [0.1, 0.15) is 31.2 Å². The average Bonchev–Trinajstić information content (AvgIpc) is 2.40. The van der Waals surface area contributed by atoms with E-state index in [4.69, 9.17) is 0 Å². The van der Waals surface area contributed by atoms with E-state index in [0.717, 1.165) is 0 Å². The van der Waals surface area contributed by atoms with Crippen LogP contribution in [0.2, 0.25) is 0 Å². The highest BCUT2D eigenvalue weighted by atomic mass is 19.3. The van der Waals surface area contributed by atoms with Gasteiger partial charge in [-0.3, -0.25) is 4.79 Å². The lowest BCUT2D eigenvalue weighted by Gasteiger charge is -2.41. The first-order chi connectivity index (χ1) is 8.90. The molecule has 5 heteroatoms. The van der Waals surface area contributed by atoms with E-state index in [1.165, 1.54) is 24.3 Å². The minimum atomic E-state index is -3.44. The predicted octanol–water partition coefficient (Wildman–Crippen LogP) is 2.78. The van der Waals surface area contributed by atoms with Crippen molar-refractivity contribution in [2.45, 2.75) is 37.7 Å². The lowest BCUT2D eigenvalue weighted by Crippen LogP contribution is -2.48. The van der Waals surface area contributed by atoms with Crippen molar-refractivity contribution in [2.75, 3.05) is 0 Å². The van der Waals surface area contributed by atoms with Gasteiger partial charge in [0.05, 0.1) is 6.10 Å². The van der Waals surface area contributed by atoms with Gasteiger partial charge in [-0.05, 0) is 25.7 Å². The minimum Gasteiger partial charge on any atom is -0.481 e. The fourth-order valence-electron chi connectivity index (χ4n) is 2.68. The molecule has 1 aliphatic rings. The maximum Gasteiger partial charge on any atom is 0.316 e. The van der Waals surface area contributed by atoms with Crippen molar-refractivity contribution in [3.8, 4) is 0 Å². The number of alkyl halides is 2. The zero-order chi connectivity index (χ0) is 14.1. The molecular weight excluding hydrogens is 254 g/mol. The van der Waals surface area contributed by atoms with E-state index in [9.17, 15) is 23.8 Å². The van der Waals surface area contributed by atoms with Gasteiger partial charge >= 0.3 is 5.97 Å². The molecule has 2 rings (SSSR count). The first-order valence-corrected chi connectivity index (χ1v) is 6.25. The van der Waals surface area contributed by atoms with Gasteiger partial charge in [-0.25, -0.2) is 8.78 Å². The lowest BCUT2D eigenvalue weighted by atomic mass is 9.67. The Morgan fingerprint density at radius 3 is 2.21 bits per heavy atom. The Labute approximate surface area is 109 Å². The quantitative estimate of drug-likeness (QED) is 0.888. The molecule has 0 radical (unpaired) electrons. The SMILES string of the molecule is O=C(O)C1(C(F)(F)c2ccccc2)CCC(O)CC1. The maximum absolute atomic E-state index is 14.6. The van der Waals surface area contributed by atoms with Crippen LogP contribution in [0.15, 0.2) is 30.3 Å². The highest BCUT2D eigenvalue weighted by Gasteiger charge is 2.60. The van der Waals surface area contributed by atoms with E-state index in [0.29, 0.717) is 0 Å². The molecule has 0 aliphatic heterocycles. The van der Waals surface area contributed by atoms with Gasteiger partial charge in [0, 0.05) is 5.56 Å². The third-order valence-corrected chi connectivity index (χ3v) is 3.96. The summed E-state index contributed by atoms with van der Waals surface area (Å²) in [7, 11) is 0. The van der Waals surface area contributed by atoms with E-state index in [1.54, 1.807) is 6.07 Å². The number of aliphatic carboxylic acids is 1. The highest BCUT2D eigenvalue weighted by Crippen LogP contribution is 2.53. The summed E-state index contributed by atoms with van der Waals surface area (Å²) in [6.07, 6.45) is -0.931. The van der Waals surface area contributed by atoms with Crippen molar-refractivity contribution in [2.24, 2.45) is 5.41 Å². The van der Waals surface area contributed by atoms with Crippen molar-refractivity contribution < 1.29 is 23.8 Å². The van der Waals surface area contributed by atoms with E-state index in [2.05, 4.69) is 0 Å². The fourth-order valence-corrected chi connectivity index (χ4v) is 2.68. The van der Waals surface area contributed by atoms with Crippen LogP contribution in [0.25, 0.3) is 0 Å². The van der Waals surface area contributed by atoms with Gasteiger partial charge in [0.2, 0.25) is 0 Å². The molecule has 0 bridgehead atoms. The Hall–Kier alpha value is -1.49. The monoisotopic (exact) mass is 270 g/mol. The van der Waals surface area contributed by atoms with Crippen LogP contribution in [0.3, 0.4) is 0 Å². The number of aliphatic hydroxyl groups is 1. The second kappa shape index (κ2) is 4.89. The number of carbonyl (C=O) groups is 1. The number of carboxylic acids is 1. The summed E-state index contributed by atoms with van der Waals surface area (Å²) in [5.41, 5.74) is -2.40. The van der Waals surface area contributed by atoms with Crippen LogP contribution < -0.4 is 0 Å². The van der Waals surface area contributed by atoms with Gasteiger partial charge in [-0.2, -0.15) is 0 Å². The minimum absolute atomic E-state index is 0.0920. The Balaban J connectivity index is 2.42. The van der Waals surface area contributed by atoms with Gasteiger partial charge in [0.15, 0.2) is 0 Å². The lowest BCUT2D eigenvalue weighted by molar-refractivity contribution is -0.193. The van der Waals surface area contributed by atoms with Crippen molar-refractivity contribution in [3.63, 3.8) is 0 Å². The first kappa shape index (κ1) is 13.9. The second-order valence-electron chi connectivity index (χ2n) is 5.06.